The SMILES string of the molecule is Cc1c(Cl)cccc1-c1nc(C2(N)CCCCC2)no1. The second kappa shape index (κ2) is 5.19. The lowest BCUT2D eigenvalue weighted by molar-refractivity contribution is 0.275. The van der Waals surface area contributed by atoms with Crippen molar-refractivity contribution in [1.29, 1.82) is 0 Å². The first-order valence-electron chi connectivity index (χ1n) is 6.99. The summed E-state index contributed by atoms with van der Waals surface area (Å²) < 4.78 is 5.41. The average molecular weight is 292 g/mol. The van der Waals surface area contributed by atoms with Crippen LogP contribution in [-0.4, -0.2) is 10.1 Å². The van der Waals surface area contributed by atoms with Crippen LogP contribution < -0.4 is 5.73 Å². The third kappa shape index (κ3) is 2.34. The van der Waals surface area contributed by atoms with E-state index in [1.165, 1.54) is 6.42 Å². The van der Waals surface area contributed by atoms with Gasteiger partial charge in [0, 0.05) is 10.6 Å². The second-order valence-corrected chi connectivity index (χ2v) is 5.96. The molecule has 2 N–H and O–H groups in total. The summed E-state index contributed by atoms with van der Waals surface area (Å²) in [7, 11) is 0. The minimum Gasteiger partial charge on any atom is -0.334 e. The fourth-order valence-corrected chi connectivity index (χ4v) is 2.96. The number of rotatable bonds is 2. The Balaban J connectivity index is 1.96. The van der Waals surface area contributed by atoms with Gasteiger partial charge in [-0.2, -0.15) is 4.98 Å². The molecule has 0 saturated heterocycles. The molecule has 3 rings (SSSR count). The predicted molar refractivity (Wildman–Crippen MR) is 78.4 cm³/mol. The van der Waals surface area contributed by atoms with Gasteiger partial charge in [-0.1, -0.05) is 42.1 Å². The van der Waals surface area contributed by atoms with Crippen LogP contribution in [0.2, 0.25) is 5.02 Å². The standard InChI is InChI=1S/C15H18ClN3O/c1-10-11(6-5-7-12(10)16)13-18-14(19-20-13)15(17)8-3-2-4-9-15/h5-7H,2-4,8-9,17H2,1H3. The third-order valence-corrected chi connectivity index (χ3v) is 4.52. The van der Waals surface area contributed by atoms with Gasteiger partial charge < -0.3 is 10.3 Å². The van der Waals surface area contributed by atoms with Gasteiger partial charge in [0.2, 0.25) is 0 Å². The van der Waals surface area contributed by atoms with Crippen molar-refractivity contribution in [3.8, 4) is 11.5 Å². The van der Waals surface area contributed by atoms with E-state index in [9.17, 15) is 0 Å². The Hall–Kier alpha value is -1.39. The Morgan fingerprint density at radius 2 is 2.00 bits per heavy atom. The van der Waals surface area contributed by atoms with Crippen molar-refractivity contribution in [3.63, 3.8) is 0 Å². The summed E-state index contributed by atoms with van der Waals surface area (Å²) in [6.07, 6.45) is 5.31. The minimum absolute atomic E-state index is 0.438. The molecule has 1 aliphatic carbocycles. The highest BCUT2D eigenvalue weighted by atomic mass is 35.5. The van der Waals surface area contributed by atoms with Crippen LogP contribution in [0, 0.1) is 6.92 Å². The van der Waals surface area contributed by atoms with Gasteiger partial charge in [-0.05, 0) is 37.5 Å². The lowest BCUT2D eigenvalue weighted by Crippen LogP contribution is -2.39. The number of hydrogen-bond donors (Lipinski definition) is 1. The Kier molecular flexibility index (Phi) is 3.52. The number of benzene rings is 1. The topological polar surface area (TPSA) is 64.9 Å². The fourth-order valence-electron chi connectivity index (χ4n) is 2.78. The highest BCUT2D eigenvalue weighted by Crippen LogP contribution is 2.35. The van der Waals surface area contributed by atoms with Crippen molar-refractivity contribution < 1.29 is 4.52 Å². The van der Waals surface area contributed by atoms with Crippen molar-refractivity contribution in [1.82, 2.24) is 10.1 Å². The average Bonchev–Trinajstić information content (AvgIpc) is 2.93. The van der Waals surface area contributed by atoms with E-state index in [0.717, 1.165) is 36.8 Å². The van der Waals surface area contributed by atoms with Gasteiger partial charge in [0.25, 0.3) is 5.89 Å². The molecule has 0 amide bonds. The van der Waals surface area contributed by atoms with E-state index in [-0.39, 0.29) is 0 Å². The summed E-state index contributed by atoms with van der Waals surface area (Å²) >= 11 is 6.13. The van der Waals surface area contributed by atoms with Gasteiger partial charge in [0.05, 0.1) is 5.54 Å². The number of halogens is 1. The molecule has 1 aromatic carbocycles. The molecule has 0 aliphatic heterocycles. The normalized spacial score (nSPS) is 18.1. The molecule has 2 aromatic rings. The summed E-state index contributed by atoms with van der Waals surface area (Å²) in [4.78, 5) is 4.52. The molecule has 1 aromatic heterocycles. The molecular formula is C15H18ClN3O. The van der Waals surface area contributed by atoms with Crippen LogP contribution in [-0.2, 0) is 5.54 Å². The molecule has 20 heavy (non-hydrogen) atoms. The highest BCUT2D eigenvalue weighted by molar-refractivity contribution is 6.31. The maximum Gasteiger partial charge on any atom is 0.258 e. The quantitative estimate of drug-likeness (QED) is 0.913. The largest absolute Gasteiger partial charge is 0.334 e. The van der Waals surface area contributed by atoms with Crippen LogP contribution >= 0.6 is 11.6 Å². The molecule has 1 fully saturated rings. The van der Waals surface area contributed by atoms with Gasteiger partial charge in [-0.15, -0.1) is 0 Å². The lowest BCUT2D eigenvalue weighted by atomic mass is 9.82. The van der Waals surface area contributed by atoms with E-state index >= 15 is 0 Å². The maximum atomic E-state index is 6.43. The van der Waals surface area contributed by atoms with E-state index in [2.05, 4.69) is 10.1 Å². The predicted octanol–water partition coefficient (Wildman–Crippen LogP) is 3.82. The first kappa shape index (κ1) is 13.6. The minimum atomic E-state index is -0.438. The van der Waals surface area contributed by atoms with E-state index in [4.69, 9.17) is 21.9 Å². The monoisotopic (exact) mass is 291 g/mol. The summed E-state index contributed by atoms with van der Waals surface area (Å²) in [5, 5.41) is 4.80. The van der Waals surface area contributed by atoms with Crippen molar-refractivity contribution in [2.24, 2.45) is 5.73 Å². The number of nitrogens with two attached hydrogens (primary N) is 1. The molecule has 4 nitrogen and oxygen atoms in total. The van der Waals surface area contributed by atoms with Crippen molar-refractivity contribution >= 4 is 11.6 Å². The molecule has 0 radical (unpaired) electrons. The Bertz CT molecular complexity index is 617. The van der Waals surface area contributed by atoms with Gasteiger partial charge in [-0.3, -0.25) is 0 Å². The Labute approximate surface area is 123 Å². The zero-order valence-electron chi connectivity index (χ0n) is 11.5. The first-order valence-corrected chi connectivity index (χ1v) is 7.36. The smallest absolute Gasteiger partial charge is 0.258 e. The highest BCUT2D eigenvalue weighted by Gasteiger charge is 2.34. The van der Waals surface area contributed by atoms with E-state index in [1.807, 2.05) is 25.1 Å². The molecule has 1 aliphatic rings. The maximum absolute atomic E-state index is 6.43. The van der Waals surface area contributed by atoms with Crippen LogP contribution in [0.15, 0.2) is 22.7 Å². The molecule has 0 bridgehead atoms. The number of nitrogens with zero attached hydrogens (tertiary/aromatic N) is 2. The number of aromatic nitrogens is 2. The molecule has 5 heteroatoms. The summed E-state index contributed by atoms with van der Waals surface area (Å²) in [6, 6.07) is 5.67. The number of hydrogen-bond acceptors (Lipinski definition) is 4. The Morgan fingerprint density at radius 1 is 1.25 bits per heavy atom. The van der Waals surface area contributed by atoms with Gasteiger partial charge in [0.1, 0.15) is 0 Å². The van der Waals surface area contributed by atoms with Crippen LogP contribution in [0.4, 0.5) is 0 Å². The fraction of sp³-hybridized carbons (Fsp3) is 0.467. The first-order chi connectivity index (χ1) is 9.60. The molecule has 1 saturated carbocycles. The van der Waals surface area contributed by atoms with Crippen molar-refractivity contribution in [3.05, 3.63) is 34.6 Å². The summed E-state index contributed by atoms with van der Waals surface area (Å²) in [5.74, 6) is 1.11. The van der Waals surface area contributed by atoms with Gasteiger partial charge in [0.15, 0.2) is 5.82 Å². The van der Waals surface area contributed by atoms with Crippen molar-refractivity contribution in [2.75, 3.05) is 0 Å². The zero-order valence-corrected chi connectivity index (χ0v) is 12.3. The lowest BCUT2D eigenvalue weighted by Gasteiger charge is -2.29. The molecule has 0 unspecified atom stereocenters. The summed E-state index contributed by atoms with van der Waals surface area (Å²) in [5.41, 5.74) is 7.81. The molecule has 0 spiro atoms. The van der Waals surface area contributed by atoms with Crippen molar-refractivity contribution in [2.45, 2.75) is 44.6 Å². The van der Waals surface area contributed by atoms with Crippen LogP contribution in [0.25, 0.3) is 11.5 Å². The summed E-state index contributed by atoms with van der Waals surface area (Å²) in [6.45, 7) is 1.94. The zero-order chi connectivity index (χ0) is 14.2. The van der Waals surface area contributed by atoms with Gasteiger partial charge in [-0.25, -0.2) is 0 Å². The molecule has 1 heterocycles. The van der Waals surface area contributed by atoms with E-state index in [0.29, 0.717) is 16.7 Å². The second-order valence-electron chi connectivity index (χ2n) is 5.55. The molecule has 106 valence electrons. The van der Waals surface area contributed by atoms with Crippen LogP contribution in [0.3, 0.4) is 0 Å². The third-order valence-electron chi connectivity index (χ3n) is 4.12. The molecule has 0 atom stereocenters. The van der Waals surface area contributed by atoms with Gasteiger partial charge >= 0.3 is 0 Å². The van der Waals surface area contributed by atoms with Crippen LogP contribution in [0.5, 0.6) is 0 Å². The van der Waals surface area contributed by atoms with Crippen LogP contribution in [0.1, 0.15) is 43.5 Å². The molecular weight excluding hydrogens is 274 g/mol. The Morgan fingerprint density at radius 3 is 2.75 bits per heavy atom. The van der Waals surface area contributed by atoms with E-state index < -0.39 is 5.54 Å². The van der Waals surface area contributed by atoms with E-state index in [1.54, 1.807) is 0 Å².